The van der Waals surface area contributed by atoms with Crippen LogP contribution < -0.4 is 5.73 Å². The van der Waals surface area contributed by atoms with Crippen LogP contribution in [0.25, 0.3) is 11.0 Å². The quantitative estimate of drug-likeness (QED) is 0.792. The van der Waals surface area contributed by atoms with E-state index in [-0.39, 0.29) is 17.8 Å². The fourth-order valence-electron chi connectivity index (χ4n) is 1.47. The van der Waals surface area contributed by atoms with Crippen LogP contribution >= 0.6 is 0 Å². The summed E-state index contributed by atoms with van der Waals surface area (Å²) in [6.07, 6.45) is 0. The number of aromatic nitrogens is 2. The maximum absolute atomic E-state index is 12.9. The Labute approximate surface area is 87.5 Å². The van der Waals surface area contributed by atoms with Crippen molar-refractivity contribution >= 4 is 11.0 Å². The minimum atomic E-state index is -0.258. The molecule has 2 aromatic rings. The number of nitrogens with two attached hydrogens (primary N) is 1. The minimum Gasteiger partial charge on any atom is -0.342 e. The Balaban J connectivity index is 2.47. The monoisotopic (exact) mass is 207 g/mol. The summed E-state index contributed by atoms with van der Waals surface area (Å²) in [7, 11) is 0. The van der Waals surface area contributed by atoms with Gasteiger partial charge in [-0.05, 0) is 25.1 Å². The lowest BCUT2D eigenvalue weighted by Gasteiger charge is -2.11. The molecular formula is C11H14FN3. The van der Waals surface area contributed by atoms with Gasteiger partial charge in [-0.2, -0.15) is 0 Å². The summed E-state index contributed by atoms with van der Waals surface area (Å²) in [6, 6.07) is 4.54. The van der Waals surface area contributed by atoms with Gasteiger partial charge in [0.2, 0.25) is 0 Å². The maximum atomic E-state index is 12.9. The molecular weight excluding hydrogens is 193 g/mol. The van der Waals surface area contributed by atoms with Gasteiger partial charge in [-0.25, -0.2) is 9.37 Å². The molecule has 0 saturated heterocycles. The van der Waals surface area contributed by atoms with E-state index in [1.54, 1.807) is 6.07 Å². The van der Waals surface area contributed by atoms with Crippen LogP contribution in [0, 0.1) is 5.82 Å². The van der Waals surface area contributed by atoms with Gasteiger partial charge in [0.1, 0.15) is 11.6 Å². The highest BCUT2D eigenvalue weighted by molar-refractivity contribution is 5.75. The Morgan fingerprint density at radius 1 is 1.40 bits per heavy atom. The van der Waals surface area contributed by atoms with Crippen molar-refractivity contribution in [1.29, 1.82) is 0 Å². The van der Waals surface area contributed by atoms with E-state index >= 15 is 0 Å². The number of aromatic amines is 1. The van der Waals surface area contributed by atoms with Crippen LogP contribution in [0.3, 0.4) is 0 Å². The molecule has 0 fully saturated rings. The summed E-state index contributed by atoms with van der Waals surface area (Å²) in [5.74, 6) is 0.692. The molecule has 2 atom stereocenters. The van der Waals surface area contributed by atoms with Crippen molar-refractivity contribution in [2.45, 2.75) is 25.8 Å². The van der Waals surface area contributed by atoms with Crippen LogP contribution in [0.5, 0.6) is 0 Å². The van der Waals surface area contributed by atoms with Crippen molar-refractivity contribution in [3.05, 3.63) is 29.8 Å². The molecule has 2 unspecified atom stereocenters. The summed E-state index contributed by atoms with van der Waals surface area (Å²) in [4.78, 5) is 7.46. The third kappa shape index (κ3) is 1.85. The topological polar surface area (TPSA) is 54.7 Å². The van der Waals surface area contributed by atoms with Crippen LogP contribution in [0.2, 0.25) is 0 Å². The molecule has 0 aliphatic carbocycles. The minimum absolute atomic E-state index is 0.0235. The number of imidazole rings is 1. The number of benzene rings is 1. The molecule has 0 saturated carbocycles. The Kier molecular flexibility index (Phi) is 2.44. The van der Waals surface area contributed by atoms with Gasteiger partial charge in [-0.1, -0.05) is 6.92 Å². The number of H-pyrrole nitrogens is 1. The van der Waals surface area contributed by atoms with Crippen molar-refractivity contribution in [2.24, 2.45) is 5.73 Å². The third-order valence-corrected chi connectivity index (χ3v) is 2.68. The molecule has 0 aliphatic heterocycles. The van der Waals surface area contributed by atoms with E-state index in [1.165, 1.54) is 12.1 Å². The van der Waals surface area contributed by atoms with Crippen LogP contribution in [0.4, 0.5) is 4.39 Å². The normalized spacial score (nSPS) is 15.5. The molecule has 80 valence electrons. The van der Waals surface area contributed by atoms with Crippen molar-refractivity contribution in [3.63, 3.8) is 0 Å². The average molecular weight is 207 g/mol. The van der Waals surface area contributed by atoms with Gasteiger partial charge in [0.05, 0.1) is 11.0 Å². The standard InChI is InChI=1S/C11H14FN3/c1-6(7(2)13)11-14-9-4-3-8(12)5-10(9)15-11/h3-7H,13H2,1-2H3,(H,14,15). The second kappa shape index (κ2) is 3.62. The summed E-state index contributed by atoms with van der Waals surface area (Å²) < 4.78 is 12.9. The highest BCUT2D eigenvalue weighted by Gasteiger charge is 2.14. The van der Waals surface area contributed by atoms with Crippen molar-refractivity contribution < 1.29 is 4.39 Å². The number of halogens is 1. The van der Waals surface area contributed by atoms with Gasteiger partial charge < -0.3 is 10.7 Å². The number of nitrogens with one attached hydrogen (secondary N) is 1. The summed E-state index contributed by atoms with van der Waals surface area (Å²) in [6.45, 7) is 3.93. The zero-order valence-corrected chi connectivity index (χ0v) is 8.79. The Morgan fingerprint density at radius 2 is 2.13 bits per heavy atom. The fourth-order valence-corrected chi connectivity index (χ4v) is 1.47. The van der Waals surface area contributed by atoms with E-state index in [4.69, 9.17) is 5.73 Å². The zero-order chi connectivity index (χ0) is 11.0. The predicted octanol–water partition coefficient (Wildman–Crippen LogP) is 2.15. The molecule has 0 aliphatic rings. The smallest absolute Gasteiger partial charge is 0.125 e. The Hall–Kier alpha value is -1.42. The molecule has 0 spiro atoms. The van der Waals surface area contributed by atoms with Gasteiger partial charge >= 0.3 is 0 Å². The molecule has 3 N–H and O–H groups in total. The predicted molar refractivity (Wildman–Crippen MR) is 58.1 cm³/mol. The number of hydrogen-bond donors (Lipinski definition) is 2. The van der Waals surface area contributed by atoms with Gasteiger partial charge in [-0.3, -0.25) is 0 Å². The number of nitrogens with zero attached hydrogens (tertiary/aromatic N) is 1. The number of hydrogen-bond acceptors (Lipinski definition) is 2. The van der Waals surface area contributed by atoms with Crippen LogP contribution in [-0.2, 0) is 0 Å². The van der Waals surface area contributed by atoms with E-state index in [1.807, 2.05) is 13.8 Å². The fraction of sp³-hybridized carbons (Fsp3) is 0.364. The number of rotatable bonds is 2. The summed E-state index contributed by atoms with van der Waals surface area (Å²) >= 11 is 0. The molecule has 0 bridgehead atoms. The van der Waals surface area contributed by atoms with E-state index < -0.39 is 0 Å². The largest absolute Gasteiger partial charge is 0.342 e. The van der Waals surface area contributed by atoms with Crippen molar-refractivity contribution in [2.75, 3.05) is 0 Å². The molecule has 1 heterocycles. The van der Waals surface area contributed by atoms with Crippen molar-refractivity contribution in [1.82, 2.24) is 9.97 Å². The van der Waals surface area contributed by atoms with E-state index in [0.717, 1.165) is 16.9 Å². The lowest BCUT2D eigenvalue weighted by Crippen LogP contribution is -2.23. The summed E-state index contributed by atoms with van der Waals surface area (Å²) in [5.41, 5.74) is 7.28. The first kappa shape index (κ1) is 10.1. The maximum Gasteiger partial charge on any atom is 0.125 e. The van der Waals surface area contributed by atoms with Gasteiger partial charge in [0, 0.05) is 12.0 Å². The zero-order valence-electron chi connectivity index (χ0n) is 8.79. The molecule has 15 heavy (non-hydrogen) atoms. The molecule has 0 amide bonds. The van der Waals surface area contributed by atoms with Crippen LogP contribution in [-0.4, -0.2) is 16.0 Å². The molecule has 0 radical (unpaired) electrons. The van der Waals surface area contributed by atoms with Gasteiger partial charge in [-0.15, -0.1) is 0 Å². The van der Waals surface area contributed by atoms with Gasteiger partial charge in [0.15, 0.2) is 0 Å². The molecule has 1 aromatic carbocycles. The SMILES string of the molecule is CC(N)C(C)c1nc2ccc(F)cc2[nH]1. The Bertz CT molecular complexity index is 476. The molecule has 4 heteroatoms. The van der Waals surface area contributed by atoms with E-state index in [2.05, 4.69) is 9.97 Å². The molecule has 2 rings (SSSR count). The van der Waals surface area contributed by atoms with E-state index in [0.29, 0.717) is 0 Å². The second-order valence-electron chi connectivity index (χ2n) is 3.93. The lowest BCUT2D eigenvalue weighted by atomic mass is 10.0. The first-order chi connectivity index (χ1) is 7.08. The second-order valence-corrected chi connectivity index (χ2v) is 3.93. The first-order valence-corrected chi connectivity index (χ1v) is 4.98. The molecule has 3 nitrogen and oxygen atoms in total. The molecule has 1 aromatic heterocycles. The first-order valence-electron chi connectivity index (χ1n) is 4.98. The highest BCUT2D eigenvalue weighted by Crippen LogP contribution is 2.19. The van der Waals surface area contributed by atoms with Gasteiger partial charge in [0.25, 0.3) is 0 Å². The highest BCUT2D eigenvalue weighted by atomic mass is 19.1. The van der Waals surface area contributed by atoms with Crippen molar-refractivity contribution in [3.8, 4) is 0 Å². The number of fused-ring (bicyclic) bond motifs is 1. The Morgan fingerprint density at radius 3 is 2.80 bits per heavy atom. The van der Waals surface area contributed by atoms with E-state index in [9.17, 15) is 4.39 Å². The lowest BCUT2D eigenvalue weighted by molar-refractivity contribution is 0.588. The van der Waals surface area contributed by atoms with Crippen LogP contribution in [0.15, 0.2) is 18.2 Å². The third-order valence-electron chi connectivity index (χ3n) is 2.68. The summed E-state index contributed by atoms with van der Waals surface area (Å²) in [5, 5.41) is 0. The van der Waals surface area contributed by atoms with Crippen LogP contribution in [0.1, 0.15) is 25.6 Å². The average Bonchev–Trinajstić information content (AvgIpc) is 2.58.